The van der Waals surface area contributed by atoms with Gasteiger partial charge in [0.15, 0.2) is 0 Å². The van der Waals surface area contributed by atoms with Crippen LogP contribution in [-0.2, 0) is 33.6 Å². The number of imide groups is 1. The van der Waals surface area contributed by atoms with Crippen LogP contribution in [0.3, 0.4) is 0 Å². The summed E-state index contributed by atoms with van der Waals surface area (Å²) < 4.78 is 10.9. The molecule has 3 aromatic rings. The smallest absolute Gasteiger partial charge is 0.416 e. The molecule has 4 bridgehead atoms. The Morgan fingerprint density at radius 3 is 2.43 bits per heavy atom. The summed E-state index contributed by atoms with van der Waals surface area (Å²) in [6, 6.07) is 20.0. The first kappa shape index (κ1) is 30.2. The van der Waals surface area contributed by atoms with Gasteiger partial charge >= 0.3 is 11.8 Å². The second-order valence-electron chi connectivity index (χ2n) is 10.5. The summed E-state index contributed by atoms with van der Waals surface area (Å²) in [6.07, 6.45) is 0.562. The number of benzene rings is 3. The molecule has 0 radical (unpaired) electrons. The fourth-order valence-electron chi connectivity index (χ4n) is 5.19. The highest BCUT2D eigenvalue weighted by molar-refractivity contribution is 5.97. The topological polar surface area (TPSA) is 119 Å². The number of aryl methyl sites for hydroxylation is 2. The van der Waals surface area contributed by atoms with Crippen LogP contribution in [0.4, 0.5) is 10.5 Å². The normalized spacial score (nSPS) is 16.2. The zero-order valence-electron chi connectivity index (χ0n) is 24.0. The van der Waals surface area contributed by atoms with Gasteiger partial charge in [0, 0.05) is 25.1 Å². The third-order valence-corrected chi connectivity index (χ3v) is 7.27. The number of nitro groups is 1. The lowest BCUT2D eigenvalue weighted by Crippen LogP contribution is -2.55. The standard InChI is InChI=1S/C32H35N3O7/c1-22(2)34-27(15-12-23-8-5-4-6-9-23)31(37)33(32(38)41-3)19-18-25-13-16-29(28(21-25)35(39)40)42-26-11-7-10-24(20-26)14-17-30(34)36/h4-11,13,16,20-22,27H,12,14-15,17-19H2,1-3H3. The summed E-state index contributed by atoms with van der Waals surface area (Å²) >= 11 is 0. The maximum atomic E-state index is 14.2. The third-order valence-electron chi connectivity index (χ3n) is 7.27. The van der Waals surface area contributed by atoms with Gasteiger partial charge in [0.2, 0.25) is 11.7 Å². The number of ether oxygens (including phenoxy) is 2. The number of rotatable bonds is 5. The molecule has 0 aliphatic carbocycles. The number of hydrogen-bond acceptors (Lipinski definition) is 7. The molecule has 2 aliphatic heterocycles. The summed E-state index contributed by atoms with van der Waals surface area (Å²) in [5.41, 5.74) is 2.10. The van der Waals surface area contributed by atoms with Crippen molar-refractivity contribution in [3.8, 4) is 11.5 Å². The van der Waals surface area contributed by atoms with Gasteiger partial charge < -0.3 is 14.4 Å². The average molecular weight is 574 g/mol. The number of fused-ring (bicyclic) bond motifs is 10. The Balaban J connectivity index is 1.77. The summed E-state index contributed by atoms with van der Waals surface area (Å²) in [5, 5.41) is 11.9. The SMILES string of the molecule is COC(=O)N1CCc2ccc(c([N+](=O)[O-])c2)Oc2cccc(c2)CCC(=O)N(C(C)C)C(CCc2ccccc2)C1=O. The van der Waals surface area contributed by atoms with E-state index in [2.05, 4.69) is 0 Å². The molecule has 0 saturated heterocycles. The van der Waals surface area contributed by atoms with Gasteiger partial charge in [-0.25, -0.2) is 9.69 Å². The van der Waals surface area contributed by atoms with Crippen molar-refractivity contribution >= 4 is 23.6 Å². The van der Waals surface area contributed by atoms with Gasteiger partial charge in [0.25, 0.3) is 5.91 Å². The molecule has 0 saturated carbocycles. The molecule has 3 aromatic carbocycles. The van der Waals surface area contributed by atoms with Gasteiger partial charge in [0.1, 0.15) is 11.8 Å². The van der Waals surface area contributed by atoms with Gasteiger partial charge in [-0.15, -0.1) is 0 Å². The number of hydrogen-bond donors (Lipinski definition) is 0. The Morgan fingerprint density at radius 1 is 1.00 bits per heavy atom. The fraction of sp³-hybridized carbons (Fsp3) is 0.344. The van der Waals surface area contributed by atoms with Crippen LogP contribution in [0, 0.1) is 10.1 Å². The van der Waals surface area contributed by atoms with Crippen molar-refractivity contribution in [3.63, 3.8) is 0 Å². The van der Waals surface area contributed by atoms with Gasteiger partial charge in [-0.05, 0) is 74.4 Å². The van der Waals surface area contributed by atoms with E-state index in [0.717, 1.165) is 16.0 Å². The van der Waals surface area contributed by atoms with Crippen LogP contribution in [0.25, 0.3) is 0 Å². The van der Waals surface area contributed by atoms with E-state index in [-0.39, 0.29) is 42.8 Å². The first-order chi connectivity index (χ1) is 20.2. The number of methoxy groups -OCH3 is 1. The Kier molecular flexibility index (Phi) is 9.90. The molecule has 3 amide bonds. The van der Waals surface area contributed by atoms with E-state index in [1.807, 2.05) is 50.2 Å². The largest absolute Gasteiger partial charge is 0.452 e. The van der Waals surface area contributed by atoms with E-state index in [0.29, 0.717) is 30.6 Å². The maximum absolute atomic E-state index is 14.2. The fourth-order valence-corrected chi connectivity index (χ4v) is 5.19. The molecule has 5 rings (SSSR count). The second-order valence-corrected chi connectivity index (χ2v) is 10.5. The molecule has 220 valence electrons. The van der Waals surface area contributed by atoms with Crippen LogP contribution in [0.1, 0.15) is 43.4 Å². The zero-order valence-corrected chi connectivity index (χ0v) is 24.0. The summed E-state index contributed by atoms with van der Waals surface area (Å²) in [7, 11) is 1.19. The number of amides is 3. The minimum absolute atomic E-state index is 0.0640. The van der Waals surface area contributed by atoms with E-state index in [1.165, 1.54) is 19.2 Å². The third kappa shape index (κ3) is 7.31. The van der Waals surface area contributed by atoms with Crippen LogP contribution < -0.4 is 4.74 Å². The molecule has 10 nitrogen and oxygen atoms in total. The van der Waals surface area contributed by atoms with Crippen LogP contribution in [0.2, 0.25) is 0 Å². The summed E-state index contributed by atoms with van der Waals surface area (Å²) in [6.45, 7) is 3.60. The van der Waals surface area contributed by atoms with Crippen molar-refractivity contribution in [1.29, 1.82) is 0 Å². The van der Waals surface area contributed by atoms with Crippen molar-refractivity contribution in [2.24, 2.45) is 0 Å². The molecule has 2 heterocycles. The van der Waals surface area contributed by atoms with E-state index < -0.39 is 23.0 Å². The Bertz CT molecular complexity index is 1440. The average Bonchev–Trinajstić information content (AvgIpc) is 2.98. The van der Waals surface area contributed by atoms with Gasteiger partial charge in [0.05, 0.1) is 12.0 Å². The first-order valence-electron chi connectivity index (χ1n) is 14.0. The Hall–Kier alpha value is -4.73. The minimum Gasteiger partial charge on any atom is -0.452 e. The molecular weight excluding hydrogens is 538 g/mol. The second kappa shape index (κ2) is 13.8. The van der Waals surface area contributed by atoms with Crippen LogP contribution >= 0.6 is 0 Å². The van der Waals surface area contributed by atoms with Crippen molar-refractivity contribution in [2.75, 3.05) is 13.7 Å². The number of nitro benzene ring substituents is 1. The lowest BCUT2D eigenvalue weighted by Gasteiger charge is -2.36. The molecule has 0 aromatic heterocycles. The molecule has 0 N–H and O–H groups in total. The number of carbonyl (C=O) groups excluding carboxylic acids is 3. The predicted octanol–water partition coefficient (Wildman–Crippen LogP) is 5.71. The van der Waals surface area contributed by atoms with Gasteiger partial charge in [-0.2, -0.15) is 0 Å². The minimum atomic E-state index is -0.932. The lowest BCUT2D eigenvalue weighted by atomic mass is 10.00. The molecule has 1 atom stereocenters. The highest BCUT2D eigenvalue weighted by Gasteiger charge is 2.37. The Morgan fingerprint density at radius 2 is 1.74 bits per heavy atom. The van der Waals surface area contributed by atoms with Crippen LogP contribution in [-0.4, -0.2) is 58.4 Å². The maximum Gasteiger partial charge on any atom is 0.416 e. The molecule has 2 aliphatic rings. The molecule has 1 unspecified atom stereocenters. The van der Waals surface area contributed by atoms with Crippen molar-refractivity contribution in [2.45, 2.75) is 58.0 Å². The highest BCUT2D eigenvalue weighted by Crippen LogP contribution is 2.33. The monoisotopic (exact) mass is 573 g/mol. The predicted molar refractivity (Wildman–Crippen MR) is 156 cm³/mol. The van der Waals surface area contributed by atoms with Crippen LogP contribution in [0.5, 0.6) is 11.5 Å². The molecule has 10 heteroatoms. The lowest BCUT2D eigenvalue weighted by molar-refractivity contribution is -0.385. The highest BCUT2D eigenvalue weighted by atomic mass is 16.6. The van der Waals surface area contributed by atoms with Crippen LogP contribution in [0.15, 0.2) is 72.8 Å². The first-order valence-corrected chi connectivity index (χ1v) is 14.0. The molecule has 0 fully saturated rings. The Labute approximate surface area is 245 Å². The van der Waals surface area contributed by atoms with E-state index >= 15 is 0 Å². The molecule has 42 heavy (non-hydrogen) atoms. The van der Waals surface area contributed by atoms with E-state index in [9.17, 15) is 24.5 Å². The van der Waals surface area contributed by atoms with E-state index in [1.54, 1.807) is 29.2 Å². The van der Waals surface area contributed by atoms with Crippen molar-refractivity contribution < 1.29 is 28.8 Å². The van der Waals surface area contributed by atoms with Gasteiger partial charge in [-0.1, -0.05) is 48.5 Å². The number of carbonyl (C=O) groups is 3. The molecular formula is C32H35N3O7. The zero-order chi connectivity index (χ0) is 30.2. The van der Waals surface area contributed by atoms with E-state index in [4.69, 9.17) is 9.47 Å². The summed E-state index contributed by atoms with van der Waals surface area (Å²) in [4.78, 5) is 54.8. The quantitative estimate of drug-likeness (QED) is 0.283. The summed E-state index contributed by atoms with van der Waals surface area (Å²) in [5.74, 6) is -0.303. The number of nitrogens with zero attached hydrogens (tertiary/aromatic N) is 3. The van der Waals surface area contributed by atoms with Crippen molar-refractivity contribution in [3.05, 3.63) is 99.6 Å². The van der Waals surface area contributed by atoms with Crippen molar-refractivity contribution in [1.82, 2.24) is 9.80 Å². The molecule has 0 spiro atoms. The van der Waals surface area contributed by atoms with Gasteiger partial charge in [-0.3, -0.25) is 19.7 Å².